The van der Waals surface area contributed by atoms with Crippen LogP contribution in [0.25, 0.3) is 33.1 Å². The third-order valence-corrected chi connectivity index (χ3v) is 11.5. The number of fused-ring (bicyclic) bond motifs is 4. The third-order valence-electron chi connectivity index (χ3n) is 11.5. The van der Waals surface area contributed by atoms with Crippen LogP contribution in [-0.2, 0) is 5.41 Å². The lowest BCUT2D eigenvalue weighted by Gasteiger charge is -2.40. The summed E-state index contributed by atoms with van der Waals surface area (Å²) in [6.07, 6.45) is 12.1. The molecular formula is C48H56N2. The number of allylic oxidation sites excluding steroid dienone is 4. The Hall–Kier alpha value is -4.56. The summed E-state index contributed by atoms with van der Waals surface area (Å²) < 4.78 is 2.52. The average molecular weight is 661 g/mol. The molecule has 0 bridgehead atoms. The summed E-state index contributed by atoms with van der Waals surface area (Å²) in [5.41, 5.74) is 15.2. The SMILES string of the molecule is C=CC1=C(C=C)C(C)(C)c2cc3c4cc(C(C)CC)c(C(C)CC)cc4n(-c4ccc(/C(=C\CCCC)c5ccccc5)cc4)c3cc2N1C. The first-order valence-electron chi connectivity index (χ1n) is 18.9. The van der Waals surface area contributed by atoms with Crippen molar-refractivity contribution in [3.8, 4) is 5.69 Å². The number of aromatic nitrogens is 1. The van der Waals surface area contributed by atoms with Gasteiger partial charge in [-0.2, -0.15) is 0 Å². The highest BCUT2D eigenvalue weighted by molar-refractivity contribution is 6.11. The Bertz CT molecular complexity index is 2100. The van der Waals surface area contributed by atoms with Crippen molar-refractivity contribution in [1.29, 1.82) is 0 Å². The summed E-state index contributed by atoms with van der Waals surface area (Å²) in [5.74, 6) is 0.967. The van der Waals surface area contributed by atoms with Gasteiger partial charge in [-0.25, -0.2) is 0 Å². The molecule has 0 amide bonds. The number of likely N-dealkylation sites (N-methyl/N-ethyl adjacent to an activating group) is 1. The summed E-state index contributed by atoms with van der Waals surface area (Å²) in [6.45, 7) is 24.8. The van der Waals surface area contributed by atoms with Crippen LogP contribution >= 0.6 is 0 Å². The normalized spacial score (nSPS) is 15.8. The second kappa shape index (κ2) is 14.4. The van der Waals surface area contributed by atoms with Crippen molar-refractivity contribution in [1.82, 2.24) is 4.57 Å². The number of unbranched alkanes of at least 4 members (excludes halogenated alkanes) is 2. The highest BCUT2D eigenvalue weighted by Gasteiger charge is 2.36. The molecule has 0 spiro atoms. The van der Waals surface area contributed by atoms with Crippen molar-refractivity contribution >= 4 is 33.1 Å². The number of nitrogens with zero attached hydrogens (tertiary/aromatic N) is 2. The van der Waals surface area contributed by atoms with Crippen molar-refractivity contribution in [3.63, 3.8) is 0 Å². The molecule has 0 saturated carbocycles. The van der Waals surface area contributed by atoms with E-state index in [1.165, 1.54) is 85.0 Å². The molecule has 0 radical (unpaired) electrons. The van der Waals surface area contributed by atoms with E-state index < -0.39 is 0 Å². The maximum absolute atomic E-state index is 4.24. The number of anilines is 1. The first-order chi connectivity index (χ1) is 24.1. The molecule has 5 aromatic rings. The maximum atomic E-state index is 4.24. The molecule has 2 atom stereocenters. The van der Waals surface area contributed by atoms with E-state index in [2.05, 4.69) is 163 Å². The highest BCUT2D eigenvalue weighted by Crippen LogP contribution is 2.49. The highest BCUT2D eigenvalue weighted by atomic mass is 15.1. The van der Waals surface area contributed by atoms with E-state index >= 15 is 0 Å². The van der Waals surface area contributed by atoms with E-state index in [1.807, 2.05) is 12.2 Å². The molecule has 2 unspecified atom stereocenters. The van der Waals surface area contributed by atoms with Crippen LogP contribution < -0.4 is 4.90 Å². The Balaban J connectivity index is 1.65. The predicted octanol–water partition coefficient (Wildman–Crippen LogP) is 13.8. The summed E-state index contributed by atoms with van der Waals surface area (Å²) in [5, 5.41) is 2.63. The predicted molar refractivity (Wildman–Crippen MR) is 220 cm³/mol. The molecule has 2 heterocycles. The van der Waals surface area contributed by atoms with Gasteiger partial charge in [0, 0.05) is 40.3 Å². The Morgan fingerprint density at radius 1 is 0.760 bits per heavy atom. The molecule has 1 aliphatic rings. The van der Waals surface area contributed by atoms with Gasteiger partial charge >= 0.3 is 0 Å². The van der Waals surface area contributed by atoms with E-state index in [0.717, 1.165) is 25.0 Å². The van der Waals surface area contributed by atoms with E-state index in [0.29, 0.717) is 11.8 Å². The molecule has 50 heavy (non-hydrogen) atoms. The molecule has 0 aliphatic carbocycles. The zero-order chi connectivity index (χ0) is 35.7. The summed E-state index contributed by atoms with van der Waals surface area (Å²) >= 11 is 0. The molecule has 0 saturated heterocycles. The largest absolute Gasteiger partial charge is 0.344 e. The van der Waals surface area contributed by atoms with Crippen molar-refractivity contribution < 1.29 is 0 Å². The minimum Gasteiger partial charge on any atom is -0.344 e. The molecular weight excluding hydrogens is 605 g/mol. The van der Waals surface area contributed by atoms with Gasteiger partial charge in [-0.15, -0.1) is 0 Å². The average Bonchev–Trinajstić information content (AvgIpc) is 3.45. The lowest BCUT2D eigenvalue weighted by Crippen LogP contribution is -2.33. The van der Waals surface area contributed by atoms with Gasteiger partial charge in [-0.3, -0.25) is 0 Å². The minimum atomic E-state index is -0.217. The Morgan fingerprint density at radius 3 is 1.96 bits per heavy atom. The van der Waals surface area contributed by atoms with Gasteiger partial charge in [-0.1, -0.05) is 129 Å². The van der Waals surface area contributed by atoms with E-state index in [1.54, 1.807) is 0 Å². The fourth-order valence-corrected chi connectivity index (χ4v) is 8.12. The van der Waals surface area contributed by atoms with Crippen molar-refractivity contribution in [2.24, 2.45) is 0 Å². The third kappa shape index (κ3) is 5.97. The van der Waals surface area contributed by atoms with Gasteiger partial charge in [0.15, 0.2) is 0 Å². The van der Waals surface area contributed by atoms with Gasteiger partial charge in [0.05, 0.1) is 11.0 Å². The van der Waals surface area contributed by atoms with Crippen LogP contribution in [0.5, 0.6) is 0 Å². The molecule has 1 aromatic heterocycles. The van der Waals surface area contributed by atoms with Crippen LogP contribution in [0.4, 0.5) is 5.69 Å². The van der Waals surface area contributed by atoms with Crippen molar-refractivity contribution in [2.45, 2.75) is 97.8 Å². The number of rotatable bonds is 12. The molecule has 258 valence electrons. The van der Waals surface area contributed by atoms with Gasteiger partial charge in [0.25, 0.3) is 0 Å². The van der Waals surface area contributed by atoms with Crippen LogP contribution in [0, 0.1) is 0 Å². The van der Waals surface area contributed by atoms with Crippen LogP contribution in [0.15, 0.2) is 122 Å². The van der Waals surface area contributed by atoms with Gasteiger partial charge in [0.2, 0.25) is 0 Å². The van der Waals surface area contributed by atoms with Gasteiger partial charge in [0.1, 0.15) is 0 Å². The molecule has 2 nitrogen and oxygen atoms in total. The minimum absolute atomic E-state index is 0.217. The number of hydrogen-bond donors (Lipinski definition) is 0. The van der Waals surface area contributed by atoms with E-state index in [4.69, 9.17) is 0 Å². The Morgan fingerprint density at radius 2 is 1.36 bits per heavy atom. The fourth-order valence-electron chi connectivity index (χ4n) is 8.12. The lowest BCUT2D eigenvalue weighted by atomic mass is 9.73. The van der Waals surface area contributed by atoms with Crippen LogP contribution in [0.3, 0.4) is 0 Å². The summed E-state index contributed by atoms with van der Waals surface area (Å²) in [4.78, 5) is 2.30. The van der Waals surface area contributed by atoms with Gasteiger partial charge in [-0.05, 0) is 113 Å². The fraction of sp³-hybridized carbons (Fsp3) is 0.333. The topological polar surface area (TPSA) is 8.17 Å². The van der Waals surface area contributed by atoms with Crippen molar-refractivity contribution in [3.05, 3.63) is 149 Å². The second-order valence-electron chi connectivity index (χ2n) is 14.9. The summed E-state index contributed by atoms with van der Waals surface area (Å²) in [7, 11) is 2.17. The maximum Gasteiger partial charge on any atom is 0.0562 e. The second-order valence-corrected chi connectivity index (χ2v) is 14.9. The Kier molecular flexibility index (Phi) is 10.1. The summed E-state index contributed by atoms with van der Waals surface area (Å²) in [6, 6.07) is 30.1. The van der Waals surface area contributed by atoms with Crippen LogP contribution in [0.2, 0.25) is 0 Å². The number of benzene rings is 4. The van der Waals surface area contributed by atoms with Crippen LogP contribution in [0.1, 0.15) is 120 Å². The first-order valence-corrected chi connectivity index (χ1v) is 18.9. The number of hydrogen-bond acceptors (Lipinski definition) is 1. The van der Waals surface area contributed by atoms with Crippen molar-refractivity contribution in [2.75, 3.05) is 11.9 Å². The zero-order valence-corrected chi connectivity index (χ0v) is 31.7. The molecule has 4 aromatic carbocycles. The monoisotopic (exact) mass is 660 g/mol. The molecule has 2 heteroatoms. The molecule has 6 rings (SSSR count). The quantitative estimate of drug-likeness (QED) is 0.121. The lowest BCUT2D eigenvalue weighted by molar-refractivity contribution is 0.619. The standard InChI is InChI=1S/C48H56N2/c1-11-16-18-23-37(34-21-19-17-20-22-34)35-24-26-36(27-25-35)50-45-30-39(33(7)13-3)38(32(6)12-2)28-40(45)41-29-43-47(31-46(41)50)49(10)44(15-5)42(14-4)48(43,8)9/h14-15,17,19-33H,4-5,11-13,16,18H2,1-3,6-10H3/b37-23-. The molecule has 0 fully saturated rings. The molecule has 0 N–H and O–H groups in total. The van der Waals surface area contributed by atoms with E-state index in [9.17, 15) is 0 Å². The van der Waals surface area contributed by atoms with E-state index in [-0.39, 0.29) is 5.41 Å². The zero-order valence-electron chi connectivity index (χ0n) is 31.7. The Labute approximate surface area is 301 Å². The smallest absolute Gasteiger partial charge is 0.0562 e. The van der Waals surface area contributed by atoms with Gasteiger partial charge < -0.3 is 9.47 Å². The molecule has 1 aliphatic heterocycles. The first kappa shape index (κ1) is 35.3. The van der Waals surface area contributed by atoms with Crippen LogP contribution in [-0.4, -0.2) is 11.6 Å².